The number of nitrogens with zero attached hydrogens (tertiary/aromatic N) is 2. The molecule has 2 fully saturated rings. The Morgan fingerprint density at radius 2 is 0.975 bits per heavy atom. The van der Waals surface area contributed by atoms with E-state index in [4.69, 9.17) is 9.47 Å². The summed E-state index contributed by atoms with van der Waals surface area (Å²) in [6.45, 7) is 7.99. The molecule has 0 aliphatic carbocycles. The molecule has 0 bridgehead atoms. The van der Waals surface area contributed by atoms with E-state index in [0.29, 0.717) is 22.5 Å². The molecular weight excluding hydrogens is 508 g/mol. The standard InChI is InChI=1S/C32H24N2O6/c1-19-15-31(39-27(19)35)23-11-5-7-13-25(23)33(29(31)37)17-21-9-3-4-10-22(21)18-34-26-14-8-6-12-24(26)32(30(34)38)16-20(2)28(36)40-32/h3-14H,1-2,15-18H2. The van der Waals surface area contributed by atoms with Crippen LogP contribution >= 0.6 is 0 Å². The number of carbonyl (C=O) groups excluding carboxylic acids is 4. The van der Waals surface area contributed by atoms with E-state index >= 15 is 0 Å². The molecule has 0 N–H and O–H groups in total. The number of carbonyl (C=O) groups is 4. The molecule has 8 heteroatoms. The van der Waals surface area contributed by atoms with Gasteiger partial charge in [0, 0.05) is 35.1 Å². The van der Waals surface area contributed by atoms with Gasteiger partial charge in [0.1, 0.15) is 0 Å². The monoisotopic (exact) mass is 532 g/mol. The first-order valence-electron chi connectivity index (χ1n) is 13.0. The molecule has 4 heterocycles. The molecule has 3 aromatic rings. The van der Waals surface area contributed by atoms with Crippen LogP contribution in [-0.2, 0) is 52.9 Å². The van der Waals surface area contributed by atoms with Crippen LogP contribution in [0.2, 0.25) is 0 Å². The van der Waals surface area contributed by atoms with E-state index < -0.39 is 23.1 Å². The van der Waals surface area contributed by atoms with Crippen LogP contribution in [0.4, 0.5) is 11.4 Å². The lowest BCUT2D eigenvalue weighted by molar-refractivity contribution is -0.156. The SMILES string of the molecule is C=C1CC2(OC1=O)C(=O)N(Cc1ccccc1CN1C(=O)C3(CC(=C)C(=O)O3)c3ccccc31)c1ccccc12. The van der Waals surface area contributed by atoms with Crippen LogP contribution in [0.3, 0.4) is 0 Å². The van der Waals surface area contributed by atoms with E-state index in [1.54, 1.807) is 21.9 Å². The highest BCUT2D eigenvalue weighted by atomic mass is 16.6. The summed E-state index contributed by atoms with van der Waals surface area (Å²) in [5, 5.41) is 0. The number of ether oxygens (including phenoxy) is 2. The van der Waals surface area contributed by atoms with Crippen molar-refractivity contribution in [3.63, 3.8) is 0 Å². The summed E-state index contributed by atoms with van der Waals surface area (Å²) < 4.78 is 11.3. The molecule has 2 atom stereocenters. The van der Waals surface area contributed by atoms with Gasteiger partial charge in [-0.15, -0.1) is 0 Å². The van der Waals surface area contributed by atoms with Crippen LogP contribution in [0.5, 0.6) is 0 Å². The van der Waals surface area contributed by atoms with Crippen LogP contribution in [0.15, 0.2) is 97.1 Å². The number of esters is 2. The third kappa shape index (κ3) is 3.13. The van der Waals surface area contributed by atoms with Crippen molar-refractivity contribution in [3.8, 4) is 0 Å². The number of fused-ring (bicyclic) bond motifs is 4. The Labute approximate surface area is 230 Å². The Hall–Kier alpha value is -4.98. The van der Waals surface area contributed by atoms with Crippen molar-refractivity contribution < 1.29 is 28.7 Å². The summed E-state index contributed by atoms with van der Waals surface area (Å²) in [5.41, 5.74) is 1.97. The Morgan fingerprint density at radius 1 is 0.600 bits per heavy atom. The van der Waals surface area contributed by atoms with Crippen LogP contribution in [0, 0.1) is 0 Å². The zero-order valence-electron chi connectivity index (χ0n) is 21.5. The largest absolute Gasteiger partial charge is 0.440 e. The number of para-hydroxylation sites is 2. The van der Waals surface area contributed by atoms with Crippen molar-refractivity contribution in [1.82, 2.24) is 0 Å². The maximum atomic E-state index is 13.9. The van der Waals surface area contributed by atoms with E-state index in [1.165, 1.54) is 0 Å². The van der Waals surface area contributed by atoms with Gasteiger partial charge in [-0.3, -0.25) is 9.59 Å². The number of hydrogen-bond donors (Lipinski definition) is 0. The summed E-state index contributed by atoms with van der Waals surface area (Å²) in [6, 6.07) is 22.2. The van der Waals surface area contributed by atoms with Crippen LogP contribution in [0.25, 0.3) is 0 Å². The maximum Gasteiger partial charge on any atom is 0.335 e. The molecule has 3 aromatic carbocycles. The molecule has 40 heavy (non-hydrogen) atoms. The van der Waals surface area contributed by atoms with Crippen molar-refractivity contribution in [3.05, 3.63) is 119 Å². The topological polar surface area (TPSA) is 93.2 Å². The van der Waals surface area contributed by atoms with Gasteiger partial charge in [0.2, 0.25) is 11.2 Å². The second kappa shape index (κ2) is 8.26. The average molecular weight is 533 g/mol. The van der Waals surface area contributed by atoms with Gasteiger partial charge in [-0.2, -0.15) is 0 Å². The summed E-state index contributed by atoms with van der Waals surface area (Å²) in [4.78, 5) is 55.6. The Kier molecular flexibility index (Phi) is 4.97. The van der Waals surface area contributed by atoms with Gasteiger partial charge in [0.15, 0.2) is 0 Å². The molecule has 4 aliphatic heterocycles. The van der Waals surface area contributed by atoms with Gasteiger partial charge in [0.05, 0.1) is 24.5 Å². The first-order chi connectivity index (χ1) is 19.2. The van der Waals surface area contributed by atoms with Crippen LogP contribution in [-0.4, -0.2) is 23.8 Å². The molecule has 7 rings (SSSR count). The predicted octanol–water partition coefficient (Wildman–Crippen LogP) is 4.18. The molecule has 0 radical (unpaired) electrons. The number of anilines is 2. The lowest BCUT2D eigenvalue weighted by Crippen LogP contribution is -2.41. The van der Waals surface area contributed by atoms with Crippen molar-refractivity contribution in [2.75, 3.05) is 9.80 Å². The highest BCUT2D eigenvalue weighted by Gasteiger charge is 2.59. The summed E-state index contributed by atoms with van der Waals surface area (Å²) >= 11 is 0. The third-order valence-corrected chi connectivity index (χ3v) is 8.25. The Balaban J connectivity index is 1.24. The van der Waals surface area contributed by atoms with Gasteiger partial charge < -0.3 is 19.3 Å². The minimum Gasteiger partial charge on any atom is -0.440 e. The minimum absolute atomic E-state index is 0.102. The lowest BCUT2D eigenvalue weighted by atomic mass is 9.91. The summed E-state index contributed by atoms with van der Waals surface area (Å²) in [5.74, 6) is -1.79. The molecule has 2 amide bonds. The smallest absolute Gasteiger partial charge is 0.335 e. The number of rotatable bonds is 4. The van der Waals surface area contributed by atoms with Gasteiger partial charge in [-0.05, 0) is 23.3 Å². The quantitative estimate of drug-likeness (QED) is 0.370. The van der Waals surface area contributed by atoms with Crippen molar-refractivity contribution in [1.29, 1.82) is 0 Å². The number of benzene rings is 3. The molecule has 4 aliphatic rings. The Morgan fingerprint density at radius 3 is 1.35 bits per heavy atom. The molecule has 0 aromatic heterocycles. The summed E-state index contributed by atoms with van der Waals surface area (Å²) in [7, 11) is 0. The van der Waals surface area contributed by atoms with Crippen LogP contribution < -0.4 is 9.80 Å². The zero-order valence-corrected chi connectivity index (χ0v) is 21.5. The first-order valence-corrected chi connectivity index (χ1v) is 13.0. The third-order valence-electron chi connectivity index (χ3n) is 8.25. The van der Waals surface area contributed by atoms with Crippen molar-refractivity contribution in [2.24, 2.45) is 0 Å². The van der Waals surface area contributed by atoms with E-state index in [1.807, 2.05) is 60.7 Å². The van der Waals surface area contributed by atoms with Crippen molar-refractivity contribution in [2.45, 2.75) is 37.1 Å². The Bertz CT molecular complexity index is 1550. The normalized spacial score (nSPS) is 24.8. The predicted molar refractivity (Wildman–Crippen MR) is 145 cm³/mol. The number of amides is 2. The molecule has 8 nitrogen and oxygen atoms in total. The molecular formula is C32H24N2O6. The first kappa shape index (κ1) is 24.1. The van der Waals surface area contributed by atoms with Crippen molar-refractivity contribution >= 4 is 35.1 Å². The molecule has 198 valence electrons. The highest BCUT2D eigenvalue weighted by molar-refractivity contribution is 6.12. The molecule has 2 saturated heterocycles. The van der Waals surface area contributed by atoms with E-state index in [0.717, 1.165) is 11.1 Å². The molecule has 2 spiro atoms. The van der Waals surface area contributed by atoms with Crippen LogP contribution in [0.1, 0.15) is 35.1 Å². The van der Waals surface area contributed by atoms with E-state index in [-0.39, 0.29) is 48.9 Å². The second-order valence-corrected chi connectivity index (χ2v) is 10.6. The van der Waals surface area contributed by atoms with Gasteiger partial charge in [-0.1, -0.05) is 73.8 Å². The zero-order chi connectivity index (χ0) is 27.8. The van der Waals surface area contributed by atoms with Gasteiger partial charge >= 0.3 is 11.9 Å². The van der Waals surface area contributed by atoms with E-state index in [2.05, 4.69) is 13.2 Å². The molecule has 0 saturated carbocycles. The highest BCUT2D eigenvalue weighted by Crippen LogP contribution is 2.52. The van der Waals surface area contributed by atoms with E-state index in [9.17, 15) is 19.2 Å². The second-order valence-electron chi connectivity index (χ2n) is 10.6. The summed E-state index contributed by atoms with van der Waals surface area (Å²) in [6.07, 6.45) is 0.204. The molecule has 2 unspecified atom stereocenters. The van der Waals surface area contributed by atoms with Gasteiger partial charge in [-0.25, -0.2) is 9.59 Å². The average Bonchev–Trinajstić information content (AvgIpc) is 3.58. The fourth-order valence-electron chi connectivity index (χ4n) is 6.32. The maximum absolute atomic E-state index is 13.9. The minimum atomic E-state index is -1.41. The lowest BCUT2D eigenvalue weighted by Gasteiger charge is -2.25. The van der Waals surface area contributed by atoms with Gasteiger partial charge in [0.25, 0.3) is 11.8 Å². The number of hydrogen-bond acceptors (Lipinski definition) is 6. The fraction of sp³-hybridized carbons (Fsp3) is 0.188. The fourth-order valence-corrected chi connectivity index (χ4v) is 6.32.